The molecule has 2 nitrogen and oxygen atoms in total. The second kappa shape index (κ2) is 5.91. The molecule has 0 saturated heterocycles. The first-order valence-electron chi connectivity index (χ1n) is 9.18. The standard InChI is InChI=1S/C25H14BrNO/c26-17-12-9-16(10-13-17)24-25-23(19-7-3-4-8-21(19)28-25)22-18-6-2-1-5-15(18)11-14-20(22)27-24/h1-14H. The lowest BCUT2D eigenvalue weighted by Crippen LogP contribution is -1.89. The molecular weight excluding hydrogens is 410 g/mol. The van der Waals surface area contributed by atoms with Crippen LogP contribution in [0.15, 0.2) is 93.8 Å². The third kappa shape index (κ3) is 2.23. The summed E-state index contributed by atoms with van der Waals surface area (Å²) in [4.78, 5) is 5.04. The van der Waals surface area contributed by atoms with Gasteiger partial charge in [-0.1, -0.05) is 76.6 Å². The van der Waals surface area contributed by atoms with E-state index in [-0.39, 0.29) is 0 Å². The van der Waals surface area contributed by atoms with Crippen LogP contribution >= 0.6 is 15.9 Å². The van der Waals surface area contributed by atoms with E-state index in [2.05, 4.69) is 76.6 Å². The summed E-state index contributed by atoms with van der Waals surface area (Å²) in [7, 11) is 0. The van der Waals surface area contributed by atoms with Gasteiger partial charge in [0.25, 0.3) is 0 Å². The van der Waals surface area contributed by atoms with Gasteiger partial charge in [-0.25, -0.2) is 4.98 Å². The molecule has 132 valence electrons. The molecular formula is C25H14BrNO. The number of hydrogen-bond acceptors (Lipinski definition) is 2. The normalized spacial score (nSPS) is 11.8. The fraction of sp³-hybridized carbons (Fsp3) is 0. The average molecular weight is 424 g/mol. The summed E-state index contributed by atoms with van der Waals surface area (Å²) in [5.41, 5.74) is 4.63. The minimum Gasteiger partial charge on any atom is -0.454 e. The van der Waals surface area contributed by atoms with Gasteiger partial charge in [0.2, 0.25) is 0 Å². The van der Waals surface area contributed by atoms with Gasteiger partial charge in [-0.2, -0.15) is 0 Å². The molecule has 0 unspecified atom stereocenters. The Labute approximate surface area is 169 Å². The summed E-state index contributed by atoms with van der Waals surface area (Å²) >= 11 is 3.52. The van der Waals surface area contributed by atoms with Gasteiger partial charge in [0.1, 0.15) is 11.3 Å². The molecule has 0 N–H and O–H groups in total. The monoisotopic (exact) mass is 423 g/mol. The molecule has 0 aliphatic carbocycles. The lowest BCUT2D eigenvalue weighted by molar-refractivity contribution is 0.669. The quantitative estimate of drug-likeness (QED) is 0.253. The predicted molar refractivity (Wildman–Crippen MR) is 120 cm³/mol. The maximum Gasteiger partial charge on any atom is 0.162 e. The SMILES string of the molecule is Brc1ccc(-c2nc3ccc4ccccc4c3c3c2oc2ccccc23)cc1. The second-order valence-electron chi connectivity index (χ2n) is 6.95. The number of furan rings is 1. The zero-order valence-corrected chi connectivity index (χ0v) is 16.4. The lowest BCUT2D eigenvalue weighted by atomic mass is 9.98. The summed E-state index contributed by atoms with van der Waals surface area (Å²) in [5.74, 6) is 0. The highest BCUT2D eigenvalue weighted by molar-refractivity contribution is 9.10. The van der Waals surface area contributed by atoms with E-state index in [9.17, 15) is 0 Å². The van der Waals surface area contributed by atoms with Crippen molar-refractivity contribution in [1.29, 1.82) is 0 Å². The Morgan fingerprint density at radius 2 is 1.43 bits per heavy atom. The minimum absolute atomic E-state index is 0.840. The third-order valence-electron chi connectivity index (χ3n) is 5.32. The number of hydrogen-bond donors (Lipinski definition) is 0. The van der Waals surface area contributed by atoms with Crippen LogP contribution in [0.5, 0.6) is 0 Å². The van der Waals surface area contributed by atoms with Gasteiger partial charge in [0.15, 0.2) is 5.58 Å². The summed E-state index contributed by atoms with van der Waals surface area (Å²) < 4.78 is 7.40. The molecule has 3 heteroatoms. The first-order valence-corrected chi connectivity index (χ1v) is 9.97. The van der Waals surface area contributed by atoms with Crippen LogP contribution in [0.3, 0.4) is 0 Å². The van der Waals surface area contributed by atoms with Crippen molar-refractivity contribution in [3.05, 3.63) is 89.4 Å². The molecule has 28 heavy (non-hydrogen) atoms. The molecule has 2 aromatic heterocycles. The zero-order valence-electron chi connectivity index (χ0n) is 14.8. The number of para-hydroxylation sites is 1. The highest BCUT2D eigenvalue weighted by Crippen LogP contribution is 2.41. The van der Waals surface area contributed by atoms with Crippen LogP contribution in [0.4, 0.5) is 0 Å². The Morgan fingerprint density at radius 3 is 2.29 bits per heavy atom. The van der Waals surface area contributed by atoms with Crippen LogP contribution in [-0.2, 0) is 0 Å². The number of fused-ring (bicyclic) bond motifs is 7. The Morgan fingerprint density at radius 1 is 0.679 bits per heavy atom. The average Bonchev–Trinajstić information content (AvgIpc) is 3.13. The van der Waals surface area contributed by atoms with Crippen LogP contribution < -0.4 is 0 Å². The van der Waals surface area contributed by atoms with E-state index in [4.69, 9.17) is 9.40 Å². The van der Waals surface area contributed by atoms with Crippen molar-refractivity contribution in [1.82, 2.24) is 4.98 Å². The molecule has 6 rings (SSSR count). The van der Waals surface area contributed by atoms with Crippen LogP contribution in [0.1, 0.15) is 0 Å². The van der Waals surface area contributed by atoms with E-state index in [1.54, 1.807) is 0 Å². The molecule has 4 aromatic carbocycles. The largest absolute Gasteiger partial charge is 0.454 e. The van der Waals surface area contributed by atoms with Crippen molar-refractivity contribution in [2.45, 2.75) is 0 Å². The highest BCUT2D eigenvalue weighted by Gasteiger charge is 2.18. The highest BCUT2D eigenvalue weighted by atomic mass is 79.9. The van der Waals surface area contributed by atoms with E-state index in [1.807, 2.05) is 24.3 Å². The van der Waals surface area contributed by atoms with Crippen LogP contribution in [0, 0.1) is 0 Å². The van der Waals surface area contributed by atoms with Gasteiger partial charge in [-0.15, -0.1) is 0 Å². The summed E-state index contributed by atoms with van der Waals surface area (Å²) in [6.07, 6.45) is 0. The van der Waals surface area contributed by atoms with Gasteiger partial charge in [0, 0.05) is 26.2 Å². The fourth-order valence-corrected chi connectivity index (χ4v) is 4.32. The molecule has 0 spiro atoms. The second-order valence-corrected chi connectivity index (χ2v) is 7.87. The van der Waals surface area contributed by atoms with Crippen molar-refractivity contribution in [3.8, 4) is 11.3 Å². The van der Waals surface area contributed by atoms with Gasteiger partial charge in [-0.05, 0) is 35.0 Å². The van der Waals surface area contributed by atoms with Crippen molar-refractivity contribution >= 4 is 59.5 Å². The van der Waals surface area contributed by atoms with Gasteiger partial charge >= 0.3 is 0 Å². The number of benzene rings is 4. The van der Waals surface area contributed by atoms with Crippen LogP contribution in [-0.4, -0.2) is 4.98 Å². The fourth-order valence-electron chi connectivity index (χ4n) is 4.05. The van der Waals surface area contributed by atoms with Crippen molar-refractivity contribution < 1.29 is 4.42 Å². The molecule has 0 saturated carbocycles. The van der Waals surface area contributed by atoms with Gasteiger partial charge < -0.3 is 4.42 Å². The topological polar surface area (TPSA) is 26.0 Å². The zero-order chi connectivity index (χ0) is 18.7. The minimum atomic E-state index is 0.840. The molecule has 0 radical (unpaired) electrons. The van der Waals surface area contributed by atoms with Gasteiger partial charge in [-0.3, -0.25) is 0 Å². The molecule has 0 fully saturated rings. The Hall–Kier alpha value is -3.17. The number of pyridine rings is 1. The molecule has 0 atom stereocenters. The summed E-state index contributed by atoms with van der Waals surface area (Å²) in [6, 6.07) is 29.2. The van der Waals surface area contributed by atoms with E-state index in [0.29, 0.717) is 0 Å². The molecule has 6 aromatic rings. The number of aromatic nitrogens is 1. The maximum atomic E-state index is 6.35. The molecule has 0 aliphatic rings. The maximum absolute atomic E-state index is 6.35. The van der Waals surface area contributed by atoms with Crippen LogP contribution in [0.25, 0.3) is 54.9 Å². The van der Waals surface area contributed by atoms with E-state index < -0.39 is 0 Å². The molecule has 0 aliphatic heterocycles. The molecule has 0 amide bonds. The molecule has 2 heterocycles. The Bertz CT molecular complexity index is 1510. The molecule has 0 bridgehead atoms. The van der Waals surface area contributed by atoms with E-state index in [0.717, 1.165) is 48.6 Å². The van der Waals surface area contributed by atoms with Crippen molar-refractivity contribution in [3.63, 3.8) is 0 Å². The van der Waals surface area contributed by atoms with Crippen molar-refractivity contribution in [2.24, 2.45) is 0 Å². The Balaban J connectivity index is 1.89. The smallest absolute Gasteiger partial charge is 0.162 e. The van der Waals surface area contributed by atoms with Crippen molar-refractivity contribution in [2.75, 3.05) is 0 Å². The first-order chi connectivity index (χ1) is 13.8. The summed E-state index contributed by atoms with van der Waals surface area (Å²) in [6.45, 7) is 0. The Kier molecular flexibility index (Phi) is 3.35. The number of halogens is 1. The first kappa shape index (κ1) is 15.8. The third-order valence-corrected chi connectivity index (χ3v) is 5.85. The van der Waals surface area contributed by atoms with E-state index in [1.165, 1.54) is 10.8 Å². The summed E-state index contributed by atoms with van der Waals surface area (Å²) in [5, 5.41) is 5.82. The number of rotatable bonds is 1. The lowest BCUT2D eigenvalue weighted by Gasteiger charge is -2.09. The predicted octanol–water partition coefficient (Wildman–Crippen LogP) is 7.72. The number of nitrogens with zero attached hydrogens (tertiary/aromatic N) is 1. The van der Waals surface area contributed by atoms with Gasteiger partial charge in [0.05, 0.1) is 5.52 Å². The van der Waals surface area contributed by atoms with E-state index >= 15 is 0 Å². The van der Waals surface area contributed by atoms with Crippen LogP contribution in [0.2, 0.25) is 0 Å².